The highest BCUT2D eigenvalue weighted by molar-refractivity contribution is 6.00. The van der Waals surface area contributed by atoms with Crippen LogP contribution in [0.4, 0.5) is 0 Å². The third kappa shape index (κ3) is 3.87. The van der Waals surface area contributed by atoms with Crippen LogP contribution >= 0.6 is 0 Å². The van der Waals surface area contributed by atoms with Gasteiger partial charge in [0.25, 0.3) is 0 Å². The molecule has 1 aromatic rings. The molecule has 0 bridgehead atoms. The Morgan fingerprint density at radius 2 is 1.94 bits per heavy atom. The van der Waals surface area contributed by atoms with Crippen molar-refractivity contribution in [1.29, 1.82) is 0 Å². The summed E-state index contributed by atoms with van der Waals surface area (Å²) in [6.07, 6.45) is 0.238. The van der Waals surface area contributed by atoms with Crippen LogP contribution in [0.25, 0.3) is 0 Å². The van der Waals surface area contributed by atoms with E-state index < -0.39 is 0 Å². The van der Waals surface area contributed by atoms with Crippen molar-refractivity contribution in [3.63, 3.8) is 0 Å². The maximum atomic E-state index is 12.0. The molecule has 0 amide bonds. The molecule has 0 spiro atoms. The van der Waals surface area contributed by atoms with Gasteiger partial charge in [-0.25, -0.2) is 0 Å². The molecular formula is C14H18O4. The molecule has 0 atom stereocenters. The van der Waals surface area contributed by atoms with Crippen LogP contribution in [0.15, 0.2) is 18.2 Å². The highest BCUT2D eigenvalue weighted by Gasteiger charge is 2.14. The van der Waals surface area contributed by atoms with Crippen molar-refractivity contribution in [1.82, 2.24) is 0 Å². The Morgan fingerprint density at radius 3 is 2.56 bits per heavy atom. The molecule has 0 aliphatic rings. The van der Waals surface area contributed by atoms with Gasteiger partial charge < -0.3 is 9.47 Å². The van der Waals surface area contributed by atoms with E-state index >= 15 is 0 Å². The van der Waals surface area contributed by atoms with Gasteiger partial charge in [-0.3, -0.25) is 9.59 Å². The Hall–Kier alpha value is -1.84. The van der Waals surface area contributed by atoms with Gasteiger partial charge in [0, 0.05) is 6.42 Å². The molecular weight excluding hydrogens is 232 g/mol. The molecule has 0 heterocycles. The molecule has 1 aromatic carbocycles. The second kappa shape index (κ2) is 6.79. The smallest absolute Gasteiger partial charge is 0.306 e. The average Bonchev–Trinajstić information content (AvgIpc) is 2.36. The fourth-order valence-corrected chi connectivity index (χ4v) is 1.61. The first-order valence-electron chi connectivity index (χ1n) is 5.92. The normalized spacial score (nSPS) is 9.94. The van der Waals surface area contributed by atoms with Crippen molar-refractivity contribution < 1.29 is 19.1 Å². The molecule has 0 N–H and O–H groups in total. The molecule has 0 fully saturated rings. The predicted molar refractivity (Wildman–Crippen MR) is 67.9 cm³/mol. The number of hydrogen-bond acceptors (Lipinski definition) is 4. The molecule has 1 rings (SSSR count). The Labute approximate surface area is 107 Å². The van der Waals surface area contributed by atoms with Crippen LogP contribution in [0.5, 0.6) is 5.75 Å². The summed E-state index contributed by atoms with van der Waals surface area (Å²) >= 11 is 0. The minimum atomic E-state index is -0.350. The lowest BCUT2D eigenvalue weighted by Gasteiger charge is -2.08. The third-order valence-electron chi connectivity index (χ3n) is 2.52. The molecule has 0 unspecified atom stereocenters. The first-order chi connectivity index (χ1) is 8.58. The van der Waals surface area contributed by atoms with E-state index in [1.54, 1.807) is 19.1 Å². The minimum Gasteiger partial charge on any atom is -0.496 e. The van der Waals surface area contributed by atoms with Crippen molar-refractivity contribution in [3.8, 4) is 5.75 Å². The van der Waals surface area contributed by atoms with Gasteiger partial charge in [0.2, 0.25) is 0 Å². The molecule has 4 heteroatoms. The summed E-state index contributed by atoms with van der Waals surface area (Å²) < 4.78 is 9.95. The van der Waals surface area contributed by atoms with E-state index in [0.29, 0.717) is 17.9 Å². The van der Waals surface area contributed by atoms with Crippen LogP contribution in [0.1, 0.15) is 35.7 Å². The second-order valence-corrected chi connectivity index (χ2v) is 3.93. The Bertz CT molecular complexity index is 437. The number of rotatable bonds is 6. The summed E-state index contributed by atoms with van der Waals surface area (Å²) in [5.74, 6) is 0.0840. The van der Waals surface area contributed by atoms with E-state index in [4.69, 9.17) is 9.47 Å². The Balaban J connectivity index is 2.69. The number of aryl methyl sites for hydroxylation is 1. The summed E-state index contributed by atoms with van der Waals surface area (Å²) in [7, 11) is 1.52. The van der Waals surface area contributed by atoms with Crippen molar-refractivity contribution in [2.45, 2.75) is 26.7 Å². The molecule has 0 saturated carbocycles. The first kappa shape index (κ1) is 14.2. The molecule has 0 aromatic heterocycles. The van der Waals surface area contributed by atoms with E-state index in [1.807, 2.05) is 13.0 Å². The zero-order valence-electron chi connectivity index (χ0n) is 11.0. The number of carbonyl (C=O) groups is 2. The van der Waals surface area contributed by atoms with Gasteiger partial charge in [0.05, 0.1) is 25.7 Å². The lowest BCUT2D eigenvalue weighted by Crippen LogP contribution is -2.09. The van der Waals surface area contributed by atoms with Crippen LogP contribution in [-0.2, 0) is 9.53 Å². The van der Waals surface area contributed by atoms with Crippen molar-refractivity contribution in [2.75, 3.05) is 13.7 Å². The number of ketones is 1. The maximum Gasteiger partial charge on any atom is 0.306 e. The van der Waals surface area contributed by atoms with E-state index in [1.165, 1.54) is 7.11 Å². The molecule has 98 valence electrons. The summed E-state index contributed by atoms with van der Waals surface area (Å²) in [6, 6.07) is 5.37. The number of hydrogen-bond donors (Lipinski definition) is 0. The third-order valence-corrected chi connectivity index (χ3v) is 2.52. The van der Waals surface area contributed by atoms with Gasteiger partial charge >= 0.3 is 5.97 Å². The largest absolute Gasteiger partial charge is 0.496 e. The quantitative estimate of drug-likeness (QED) is 0.575. The lowest BCUT2D eigenvalue weighted by atomic mass is 10.0. The van der Waals surface area contributed by atoms with Crippen LogP contribution in [-0.4, -0.2) is 25.5 Å². The maximum absolute atomic E-state index is 12.0. The van der Waals surface area contributed by atoms with Gasteiger partial charge in [-0.1, -0.05) is 6.07 Å². The monoisotopic (exact) mass is 250 g/mol. The zero-order chi connectivity index (χ0) is 13.5. The van der Waals surface area contributed by atoms with E-state index in [-0.39, 0.29) is 24.6 Å². The summed E-state index contributed by atoms with van der Waals surface area (Å²) in [5, 5.41) is 0. The number of esters is 1. The van der Waals surface area contributed by atoms with Crippen LogP contribution in [0, 0.1) is 6.92 Å². The Morgan fingerprint density at radius 1 is 1.22 bits per heavy atom. The summed E-state index contributed by atoms with van der Waals surface area (Å²) in [5.41, 5.74) is 1.53. The fraction of sp³-hybridized carbons (Fsp3) is 0.429. The van der Waals surface area contributed by atoms with Gasteiger partial charge in [-0.15, -0.1) is 0 Å². The number of methoxy groups -OCH3 is 1. The van der Waals surface area contributed by atoms with Gasteiger partial charge in [-0.05, 0) is 31.5 Å². The lowest BCUT2D eigenvalue weighted by molar-refractivity contribution is -0.143. The molecule has 4 nitrogen and oxygen atoms in total. The molecule has 0 aliphatic carbocycles. The number of ether oxygens (including phenoxy) is 2. The van der Waals surface area contributed by atoms with Crippen molar-refractivity contribution in [2.24, 2.45) is 0 Å². The zero-order valence-corrected chi connectivity index (χ0v) is 11.0. The van der Waals surface area contributed by atoms with E-state index in [2.05, 4.69) is 0 Å². The number of carbonyl (C=O) groups excluding carboxylic acids is 2. The highest BCUT2D eigenvalue weighted by atomic mass is 16.5. The van der Waals surface area contributed by atoms with Gasteiger partial charge in [0.15, 0.2) is 5.78 Å². The van der Waals surface area contributed by atoms with E-state index in [9.17, 15) is 9.59 Å². The predicted octanol–water partition coefficient (Wildman–Crippen LogP) is 2.53. The van der Waals surface area contributed by atoms with Crippen molar-refractivity contribution in [3.05, 3.63) is 29.3 Å². The second-order valence-electron chi connectivity index (χ2n) is 3.93. The van der Waals surface area contributed by atoms with Crippen LogP contribution in [0.2, 0.25) is 0 Å². The number of benzene rings is 1. The first-order valence-corrected chi connectivity index (χ1v) is 5.92. The Kier molecular flexibility index (Phi) is 5.36. The highest BCUT2D eigenvalue weighted by Crippen LogP contribution is 2.21. The fourth-order valence-electron chi connectivity index (χ4n) is 1.61. The minimum absolute atomic E-state index is 0.101. The molecule has 0 radical (unpaired) electrons. The van der Waals surface area contributed by atoms with Crippen LogP contribution < -0.4 is 4.74 Å². The topological polar surface area (TPSA) is 52.6 Å². The summed E-state index contributed by atoms with van der Waals surface area (Å²) in [4.78, 5) is 23.1. The SMILES string of the molecule is CCOC(=O)CCC(=O)c1ccc(C)cc1OC. The van der Waals surface area contributed by atoms with Gasteiger partial charge in [0.1, 0.15) is 5.75 Å². The standard InChI is InChI=1S/C14H18O4/c1-4-18-14(16)8-7-12(15)11-6-5-10(2)9-13(11)17-3/h5-6,9H,4,7-8H2,1-3H3. The van der Waals surface area contributed by atoms with E-state index in [0.717, 1.165) is 5.56 Å². The summed E-state index contributed by atoms with van der Waals surface area (Å²) in [6.45, 7) is 4.00. The molecule has 0 saturated heterocycles. The molecule has 0 aliphatic heterocycles. The van der Waals surface area contributed by atoms with Crippen molar-refractivity contribution >= 4 is 11.8 Å². The van der Waals surface area contributed by atoms with Gasteiger partial charge in [-0.2, -0.15) is 0 Å². The average molecular weight is 250 g/mol. The number of Topliss-reactive ketones (excluding diaryl/α,β-unsaturated/α-hetero) is 1. The molecule has 18 heavy (non-hydrogen) atoms. The van der Waals surface area contributed by atoms with Crippen LogP contribution in [0.3, 0.4) is 0 Å².